The summed E-state index contributed by atoms with van der Waals surface area (Å²) in [6.45, 7) is 2.27. The van der Waals surface area contributed by atoms with Crippen LogP contribution in [-0.4, -0.2) is 22.6 Å². The Kier molecular flexibility index (Phi) is 7.91. The van der Waals surface area contributed by atoms with Crippen LogP contribution in [0.4, 0.5) is 0 Å². The van der Waals surface area contributed by atoms with Gasteiger partial charge < -0.3 is 5.11 Å². The maximum Gasteiger partial charge on any atom is 0.303 e. The smallest absolute Gasteiger partial charge is 0.303 e. The van der Waals surface area contributed by atoms with Gasteiger partial charge in [-0.2, -0.15) is 0 Å². The average Bonchev–Trinajstić information content (AvgIpc) is 3.08. The number of carboxylic acid groups (broad SMARTS) is 1. The third kappa shape index (κ3) is 5.35. The van der Waals surface area contributed by atoms with E-state index in [1.54, 1.807) is 5.57 Å². The molecule has 0 aromatic rings. The lowest BCUT2D eigenvalue weighted by Gasteiger charge is -2.50. The van der Waals surface area contributed by atoms with Crippen molar-refractivity contribution in [2.24, 2.45) is 23.2 Å². The molecule has 4 aliphatic rings. The predicted octanol–water partition coefficient (Wildman–Crippen LogP) is 6.97. The standard InChI is InChI=1S/C29H42O4/c1-29-19-21(10-8-6-4-2-3-5-7-9-11-27(32)33)28-23-15-13-22(30)18-20(23)12-14-24(28)25(29)16-17-26(29)31/h18,21,24-25H,2-17,19H2,1H3,(H,32,33)/t21-,24-,25-,29-/m0/s1. The monoisotopic (exact) mass is 454 g/mol. The van der Waals surface area contributed by atoms with Crippen LogP contribution < -0.4 is 0 Å². The van der Waals surface area contributed by atoms with Crippen LogP contribution in [0.15, 0.2) is 22.8 Å². The number of rotatable bonds is 11. The van der Waals surface area contributed by atoms with Crippen molar-refractivity contribution in [3.63, 3.8) is 0 Å². The highest BCUT2D eigenvalue weighted by Crippen LogP contribution is 2.61. The van der Waals surface area contributed by atoms with E-state index in [2.05, 4.69) is 6.92 Å². The van der Waals surface area contributed by atoms with Crippen molar-refractivity contribution in [3.05, 3.63) is 22.8 Å². The molecule has 33 heavy (non-hydrogen) atoms. The lowest BCUT2D eigenvalue weighted by molar-refractivity contribution is -0.137. The summed E-state index contributed by atoms with van der Waals surface area (Å²) < 4.78 is 0. The normalized spacial score (nSPS) is 31.2. The Morgan fingerprint density at radius 2 is 1.64 bits per heavy atom. The van der Waals surface area contributed by atoms with Gasteiger partial charge in [-0.15, -0.1) is 0 Å². The molecule has 182 valence electrons. The zero-order valence-electron chi connectivity index (χ0n) is 20.5. The fourth-order valence-electron chi connectivity index (χ4n) is 7.59. The van der Waals surface area contributed by atoms with E-state index in [9.17, 15) is 14.4 Å². The number of carbonyl (C=O) groups is 3. The summed E-state index contributed by atoms with van der Waals surface area (Å²) >= 11 is 0. The molecule has 4 atom stereocenters. The lowest BCUT2D eigenvalue weighted by Crippen LogP contribution is -2.44. The van der Waals surface area contributed by atoms with Crippen molar-refractivity contribution < 1.29 is 19.5 Å². The highest BCUT2D eigenvalue weighted by molar-refractivity contribution is 5.93. The molecule has 2 saturated carbocycles. The topological polar surface area (TPSA) is 71.4 Å². The number of hydrogen-bond acceptors (Lipinski definition) is 3. The van der Waals surface area contributed by atoms with Gasteiger partial charge in [0.25, 0.3) is 0 Å². The molecule has 0 aromatic carbocycles. The molecule has 0 unspecified atom stereocenters. The van der Waals surface area contributed by atoms with E-state index >= 15 is 0 Å². The average molecular weight is 455 g/mol. The molecule has 0 heterocycles. The summed E-state index contributed by atoms with van der Waals surface area (Å²) in [5, 5.41) is 8.71. The van der Waals surface area contributed by atoms with E-state index in [-0.39, 0.29) is 5.41 Å². The van der Waals surface area contributed by atoms with Crippen LogP contribution in [0.25, 0.3) is 0 Å². The predicted molar refractivity (Wildman–Crippen MR) is 130 cm³/mol. The zero-order valence-corrected chi connectivity index (χ0v) is 20.5. The third-order valence-electron chi connectivity index (χ3n) is 9.24. The number of Topliss-reactive ketones (excluding diaryl/α,β-unsaturated/α-hetero) is 1. The van der Waals surface area contributed by atoms with Gasteiger partial charge in [0.05, 0.1) is 0 Å². The number of ketones is 2. The van der Waals surface area contributed by atoms with Crippen molar-refractivity contribution >= 4 is 17.5 Å². The minimum Gasteiger partial charge on any atom is -0.481 e. The molecule has 0 amide bonds. The molecule has 2 fully saturated rings. The van der Waals surface area contributed by atoms with E-state index in [1.165, 1.54) is 49.7 Å². The van der Waals surface area contributed by atoms with Crippen LogP contribution in [0.5, 0.6) is 0 Å². The molecule has 4 rings (SSSR count). The van der Waals surface area contributed by atoms with E-state index in [4.69, 9.17) is 5.11 Å². The summed E-state index contributed by atoms with van der Waals surface area (Å²) in [6.07, 6.45) is 19.1. The lowest BCUT2D eigenvalue weighted by atomic mass is 9.53. The second-order valence-electron chi connectivity index (χ2n) is 11.4. The summed E-state index contributed by atoms with van der Waals surface area (Å²) in [5.74, 6) is 1.71. The zero-order chi connectivity index (χ0) is 23.4. The molecule has 0 aliphatic heterocycles. The first-order valence-electron chi connectivity index (χ1n) is 13.6. The Morgan fingerprint density at radius 1 is 0.939 bits per heavy atom. The molecule has 0 aromatic heterocycles. The van der Waals surface area contributed by atoms with Crippen LogP contribution in [0.2, 0.25) is 0 Å². The van der Waals surface area contributed by atoms with Gasteiger partial charge in [0.15, 0.2) is 5.78 Å². The number of allylic oxidation sites excluding steroid dienone is 4. The Balaban J connectivity index is 1.34. The van der Waals surface area contributed by atoms with Gasteiger partial charge in [0.1, 0.15) is 5.78 Å². The van der Waals surface area contributed by atoms with Gasteiger partial charge in [-0.05, 0) is 79.9 Å². The highest BCUT2D eigenvalue weighted by atomic mass is 16.4. The third-order valence-corrected chi connectivity index (χ3v) is 9.24. The van der Waals surface area contributed by atoms with E-state index < -0.39 is 5.97 Å². The van der Waals surface area contributed by atoms with Crippen molar-refractivity contribution in [3.8, 4) is 0 Å². The highest BCUT2D eigenvalue weighted by Gasteiger charge is 2.55. The fraction of sp³-hybridized carbons (Fsp3) is 0.759. The molecular formula is C29H42O4. The van der Waals surface area contributed by atoms with Crippen LogP contribution >= 0.6 is 0 Å². The Bertz CT molecular complexity index is 835. The molecule has 1 N–H and O–H groups in total. The fourth-order valence-corrected chi connectivity index (χ4v) is 7.59. The Hall–Kier alpha value is -1.71. The first-order chi connectivity index (χ1) is 15.9. The number of unbranched alkanes of at least 4 members (excludes halogenated alkanes) is 7. The molecule has 0 saturated heterocycles. The van der Waals surface area contributed by atoms with Gasteiger partial charge in [0.2, 0.25) is 0 Å². The second-order valence-corrected chi connectivity index (χ2v) is 11.4. The molecule has 0 spiro atoms. The molecule has 4 aliphatic carbocycles. The van der Waals surface area contributed by atoms with Gasteiger partial charge in [-0.3, -0.25) is 14.4 Å². The Labute approximate surface area is 199 Å². The number of fused-ring (bicyclic) bond motifs is 4. The van der Waals surface area contributed by atoms with E-state index in [0.29, 0.717) is 42.2 Å². The molecule has 4 nitrogen and oxygen atoms in total. The maximum absolute atomic E-state index is 12.9. The number of hydrogen-bond donors (Lipinski definition) is 1. The Morgan fingerprint density at radius 3 is 2.36 bits per heavy atom. The van der Waals surface area contributed by atoms with E-state index in [0.717, 1.165) is 57.8 Å². The minimum absolute atomic E-state index is 0.124. The summed E-state index contributed by atoms with van der Waals surface area (Å²) in [6, 6.07) is 0. The SMILES string of the molecule is C[C@]12C[C@H](CCCCCCCCCCC(=O)O)C3=C4CCC(=O)C=C4CC[C@H]3[C@@H]1CCC2=O. The molecule has 4 heteroatoms. The van der Waals surface area contributed by atoms with Crippen molar-refractivity contribution in [1.82, 2.24) is 0 Å². The van der Waals surface area contributed by atoms with E-state index in [1.807, 2.05) is 6.08 Å². The molecular weight excluding hydrogens is 412 g/mol. The van der Waals surface area contributed by atoms with Crippen LogP contribution in [0.1, 0.15) is 116 Å². The quantitative estimate of drug-likeness (QED) is 0.342. The van der Waals surface area contributed by atoms with Gasteiger partial charge in [-0.1, -0.05) is 57.4 Å². The van der Waals surface area contributed by atoms with Crippen molar-refractivity contribution in [1.29, 1.82) is 0 Å². The second kappa shape index (κ2) is 10.7. The van der Waals surface area contributed by atoms with Crippen LogP contribution in [0, 0.1) is 23.2 Å². The number of carbonyl (C=O) groups excluding carboxylic acids is 2. The minimum atomic E-state index is -0.684. The van der Waals surface area contributed by atoms with Gasteiger partial charge in [-0.25, -0.2) is 0 Å². The summed E-state index contributed by atoms with van der Waals surface area (Å²) in [5.41, 5.74) is 4.37. The number of aliphatic carboxylic acids is 1. The van der Waals surface area contributed by atoms with Gasteiger partial charge >= 0.3 is 5.97 Å². The molecule has 0 bridgehead atoms. The first kappa shape index (κ1) is 24.4. The summed E-state index contributed by atoms with van der Waals surface area (Å²) in [4.78, 5) is 35.6. The first-order valence-corrected chi connectivity index (χ1v) is 13.6. The van der Waals surface area contributed by atoms with Crippen LogP contribution in [0.3, 0.4) is 0 Å². The van der Waals surface area contributed by atoms with Crippen molar-refractivity contribution in [2.75, 3.05) is 0 Å². The maximum atomic E-state index is 12.9. The summed E-state index contributed by atoms with van der Waals surface area (Å²) in [7, 11) is 0. The largest absolute Gasteiger partial charge is 0.481 e. The van der Waals surface area contributed by atoms with Crippen LogP contribution in [-0.2, 0) is 14.4 Å². The van der Waals surface area contributed by atoms with Gasteiger partial charge in [0, 0.05) is 24.7 Å². The van der Waals surface area contributed by atoms with Crippen molar-refractivity contribution in [2.45, 2.75) is 116 Å². The molecule has 0 radical (unpaired) electrons. The number of carboxylic acids is 1.